The summed E-state index contributed by atoms with van der Waals surface area (Å²) in [6.07, 6.45) is 2.55. The second kappa shape index (κ2) is 4.39. The van der Waals surface area contributed by atoms with Gasteiger partial charge in [0.1, 0.15) is 0 Å². The van der Waals surface area contributed by atoms with Crippen LogP contribution in [0.25, 0.3) is 0 Å². The van der Waals surface area contributed by atoms with Gasteiger partial charge < -0.3 is 10.6 Å². The van der Waals surface area contributed by atoms with E-state index in [0.717, 1.165) is 5.75 Å². The van der Waals surface area contributed by atoms with E-state index >= 15 is 0 Å². The summed E-state index contributed by atoms with van der Waals surface area (Å²) in [4.78, 5) is 8.72. The molecule has 0 aromatic rings. The van der Waals surface area contributed by atoms with Crippen molar-refractivity contribution in [1.82, 2.24) is 0 Å². The largest absolute Gasteiger partial charge is 0.345 e. The summed E-state index contributed by atoms with van der Waals surface area (Å²) in [5.41, 5.74) is 5.52. The van der Waals surface area contributed by atoms with Crippen LogP contribution in [-0.2, 0) is 4.57 Å². The Morgan fingerprint density at radius 3 is 2.60 bits per heavy atom. The van der Waals surface area contributed by atoms with Crippen LogP contribution in [0.1, 0.15) is 13.3 Å². The van der Waals surface area contributed by atoms with Gasteiger partial charge in [-0.25, -0.2) is 0 Å². The SMILES string of the molecule is CSCCC(C)(N)[PH](=O)O. The quantitative estimate of drug-likeness (QED) is 0.635. The molecule has 0 aromatic heterocycles. The van der Waals surface area contributed by atoms with Crippen LogP contribution in [0.3, 0.4) is 0 Å². The van der Waals surface area contributed by atoms with Crippen LogP contribution in [-0.4, -0.2) is 22.2 Å². The predicted molar refractivity (Wildman–Crippen MR) is 46.8 cm³/mol. The van der Waals surface area contributed by atoms with Crippen molar-refractivity contribution in [3.63, 3.8) is 0 Å². The zero-order chi connectivity index (χ0) is 8.20. The maximum Gasteiger partial charge on any atom is 0.208 e. The van der Waals surface area contributed by atoms with Gasteiger partial charge in [-0.2, -0.15) is 11.8 Å². The Morgan fingerprint density at radius 1 is 1.80 bits per heavy atom. The average molecular weight is 183 g/mol. The molecular formula is C5H14NO2PS. The van der Waals surface area contributed by atoms with Gasteiger partial charge in [0.25, 0.3) is 0 Å². The summed E-state index contributed by atoms with van der Waals surface area (Å²) < 4.78 is 10.6. The normalized spacial score (nSPS) is 20.0. The molecule has 0 aliphatic rings. The number of thioether (sulfide) groups is 1. The smallest absolute Gasteiger partial charge is 0.208 e. The molecule has 3 N–H and O–H groups in total. The maximum absolute atomic E-state index is 10.6. The molecule has 10 heavy (non-hydrogen) atoms. The predicted octanol–water partition coefficient (Wildman–Crippen LogP) is 0.881. The molecule has 0 heterocycles. The fourth-order valence-corrected chi connectivity index (χ4v) is 1.57. The highest BCUT2D eigenvalue weighted by Gasteiger charge is 2.23. The molecule has 0 saturated heterocycles. The number of nitrogens with two attached hydrogens (primary N) is 1. The monoisotopic (exact) mass is 183 g/mol. The third-order valence-electron chi connectivity index (χ3n) is 1.31. The lowest BCUT2D eigenvalue weighted by Gasteiger charge is -2.19. The first-order chi connectivity index (χ1) is 4.50. The van der Waals surface area contributed by atoms with Crippen LogP contribution in [0.4, 0.5) is 0 Å². The molecule has 0 bridgehead atoms. The van der Waals surface area contributed by atoms with Gasteiger partial charge in [-0.3, -0.25) is 4.57 Å². The minimum atomic E-state index is -2.57. The molecular weight excluding hydrogens is 169 g/mol. The Balaban J connectivity index is 3.75. The van der Waals surface area contributed by atoms with Crippen molar-refractivity contribution in [2.75, 3.05) is 12.0 Å². The first-order valence-corrected chi connectivity index (χ1v) is 5.77. The van der Waals surface area contributed by atoms with Crippen molar-refractivity contribution < 1.29 is 9.46 Å². The standard InChI is InChI=1S/C5H14NO2PS/c1-5(6,9(7)8)3-4-10-2/h9H,3-4,6H2,1-2H3,(H,7,8). The average Bonchev–Trinajstić information content (AvgIpc) is 1.84. The fourth-order valence-electron chi connectivity index (χ4n) is 0.421. The molecule has 62 valence electrons. The van der Waals surface area contributed by atoms with Gasteiger partial charge in [-0.15, -0.1) is 0 Å². The van der Waals surface area contributed by atoms with Crippen molar-refractivity contribution >= 4 is 19.8 Å². The summed E-state index contributed by atoms with van der Waals surface area (Å²) in [6, 6.07) is 0. The lowest BCUT2D eigenvalue weighted by molar-refractivity contribution is 0.453. The van der Waals surface area contributed by atoms with Gasteiger partial charge >= 0.3 is 0 Å². The third-order valence-corrected chi connectivity index (χ3v) is 3.15. The van der Waals surface area contributed by atoms with E-state index < -0.39 is 13.3 Å². The Hall–Kier alpha value is 0.500. The molecule has 2 unspecified atom stereocenters. The van der Waals surface area contributed by atoms with E-state index in [2.05, 4.69) is 0 Å². The summed E-state index contributed by atoms with van der Waals surface area (Å²) in [7, 11) is -2.57. The van der Waals surface area contributed by atoms with Gasteiger partial charge in [0.2, 0.25) is 8.03 Å². The van der Waals surface area contributed by atoms with E-state index in [9.17, 15) is 4.57 Å². The fraction of sp³-hybridized carbons (Fsp3) is 1.00. The Labute approximate surface area is 66.2 Å². The van der Waals surface area contributed by atoms with Crippen LogP contribution in [0.5, 0.6) is 0 Å². The summed E-state index contributed by atoms with van der Waals surface area (Å²) >= 11 is 1.63. The van der Waals surface area contributed by atoms with Gasteiger partial charge in [-0.1, -0.05) is 0 Å². The molecule has 0 aliphatic carbocycles. The summed E-state index contributed by atoms with van der Waals surface area (Å²) in [6.45, 7) is 1.62. The molecule has 3 nitrogen and oxygen atoms in total. The second-order valence-electron chi connectivity index (χ2n) is 2.47. The van der Waals surface area contributed by atoms with Crippen molar-refractivity contribution in [3.05, 3.63) is 0 Å². The highest BCUT2D eigenvalue weighted by Crippen LogP contribution is 2.33. The molecule has 0 spiro atoms. The van der Waals surface area contributed by atoms with Crippen LogP contribution in [0.15, 0.2) is 0 Å². The third kappa shape index (κ3) is 3.62. The number of rotatable bonds is 4. The lowest BCUT2D eigenvalue weighted by Crippen LogP contribution is -2.32. The first kappa shape index (κ1) is 10.5. The minimum Gasteiger partial charge on any atom is -0.345 e. The van der Waals surface area contributed by atoms with Crippen molar-refractivity contribution in [3.8, 4) is 0 Å². The minimum absolute atomic E-state index is 0.600. The number of hydrogen-bond donors (Lipinski definition) is 2. The van der Waals surface area contributed by atoms with Crippen molar-refractivity contribution in [1.29, 1.82) is 0 Å². The lowest BCUT2D eigenvalue weighted by atomic mass is 10.3. The molecule has 2 atom stereocenters. The molecule has 0 saturated carbocycles. The Kier molecular flexibility index (Phi) is 4.61. The second-order valence-corrected chi connectivity index (χ2v) is 5.20. The van der Waals surface area contributed by atoms with Crippen LogP contribution in [0, 0.1) is 0 Å². The van der Waals surface area contributed by atoms with Gasteiger partial charge in [-0.05, 0) is 25.4 Å². The molecule has 0 amide bonds. The van der Waals surface area contributed by atoms with Gasteiger partial charge in [0.05, 0.1) is 5.28 Å². The molecule has 0 fully saturated rings. The van der Waals surface area contributed by atoms with Crippen molar-refractivity contribution in [2.24, 2.45) is 5.73 Å². The topological polar surface area (TPSA) is 63.3 Å². The van der Waals surface area contributed by atoms with E-state index in [-0.39, 0.29) is 0 Å². The van der Waals surface area contributed by atoms with Gasteiger partial charge in [0, 0.05) is 0 Å². The van der Waals surface area contributed by atoms with E-state index in [4.69, 9.17) is 10.6 Å². The van der Waals surface area contributed by atoms with Crippen LogP contribution >= 0.6 is 19.8 Å². The summed E-state index contributed by atoms with van der Waals surface area (Å²) in [5.74, 6) is 0.837. The highest BCUT2D eigenvalue weighted by atomic mass is 32.2. The van der Waals surface area contributed by atoms with Crippen LogP contribution in [0.2, 0.25) is 0 Å². The zero-order valence-electron chi connectivity index (χ0n) is 6.26. The van der Waals surface area contributed by atoms with E-state index in [0.29, 0.717) is 6.42 Å². The van der Waals surface area contributed by atoms with Gasteiger partial charge in [0.15, 0.2) is 0 Å². The zero-order valence-corrected chi connectivity index (χ0v) is 8.07. The van der Waals surface area contributed by atoms with E-state index in [1.54, 1.807) is 18.7 Å². The van der Waals surface area contributed by atoms with E-state index in [1.807, 2.05) is 6.26 Å². The highest BCUT2D eigenvalue weighted by molar-refractivity contribution is 7.98. The molecule has 5 heteroatoms. The molecule has 0 aromatic carbocycles. The molecule has 0 rings (SSSR count). The first-order valence-electron chi connectivity index (χ1n) is 3.02. The number of hydrogen-bond acceptors (Lipinski definition) is 3. The Morgan fingerprint density at radius 2 is 2.30 bits per heavy atom. The maximum atomic E-state index is 10.6. The van der Waals surface area contributed by atoms with E-state index in [1.165, 1.54) is 0 Å². The molecule has 0 radical (unpaired) electrons. The van der Waals surface area contributed by atoms with Crippen LogP contribution < -0.4 is 5.73 Å². The van der Waals surface area contributed by atoms with Crippen molar-refractivity contribution in [2.45, 2.75) is 18.6 Å². The molecule has 0 aliphatic heterocycles. The summed E-state index contributed by atoms with van der Waals surface area (Å²) in [5, 5.41) is -0.867. The Bertz CT molecular complexity index is 129.